The SMILES string of the molecule is Cc1ccc(N)c(C(=O)OC(C)C(=O)N2CCOCC2)c1. The monoisotopic (exact) mass is 292 g/mol. The molecule has 1 aliphatic rings. The molecule has 1 aromatic carbocycles. The molecular weight excluding hydrogens is 272 g/mol. The number of nitrogens with two attached hydrogens (primary N) is 1. The van der Waals surface area contributed by atoms with Crippen LogP contribution in [0.4, 0.5) is 5.69 Å². The lowest BCUT2D eigenvalue weighted by molar-refractivity contribution is -0.143. The van der Waals surface area contributed by atoms with Gasteiger partial charge in [0, 0.05) is 18.8 Å². The second kappa shape index (κ2) is 6.58. The maximum atomic E-state index is 12.2. The molecule has 2 rings (SSSR count). The number of ether oxygens (including phenoxy) is 2. The average Bonchev–Trinajstić information content (AvgIpc) is 2.49. The Bertz CT molecular complexity index is 538. The molecule has 0 aliphatic carbocycles. The molecule has 21 heavy (non-hydrogen) atoms. The molecule has 0 bridgehead atoms. The first-order chi connectivity index (χ1) is 9.99. The molecule has 1 aliphatic heterocycles. The van der Waals surface area contributed by atoms with Gasteiger partial charge in [0.05, 0.1) is 18.8 Å². The fourth-order valence-electron chi connectivity index (χ4n) is 2.16. The number of hydrogen-bond acceptors (Lipinski definition) is 5. The summed E-state index contributed by atoms with van der Waals surface area (Å²) in [5, 5.41) is 0. The Morgan fingerprint density at radius 3 is 2.67 bits per heavy atom. The maximum Gasteiger partial charge on any atom is 0.341 e. The van der Waals surface area contributed by atoms with Gasteiger partial charge in [0.15, 0.2) is 6.10 Å². The van der Waals surface area contributed by atoms with E-state index < -0.39 is 12.1 Å². The molecule has 0 spiro atoms. The number of carbonyl (C=O) groups is 2. The van der Waals surface area contributed by atoms with Crippen LogP contribution in [0.1, 0.15) is 22.8 Å². The number of hydrogen-bond donors (Lipinski definition) is 1. The first-order valence-electron chi connectivity index (χ1n) is 6.92. The summed E-state index contributed by atoms with van der Waals surface area (Å²) in [7, 11) is 0. The molecule has 1 heterocycles. The van der Waals surface area contributed by atoms with Crippen LogP contribution in [0.2, 0.25) is 0 Å². The van der Waals surface area contributed by atoms with E-state index in [9.17, 15) is 9.59 Å². The predicted octanol–water partition coefficient (Wildman–Crippen LogP) is 0.981. The third-order valence-corrected chi connectivity index (χ3v) is 3.38. The van der Waals surface area contributed by atoms with Crippen molar-refractivity contribution in [3.05, 3.63) is 29.3 Å². The minimum atomic E-state index is -0.837. The number of carbonyl (C=O) groups excluding carboxylic acids is 2. The van der Waals surface area contributed by atoms with Gasteiger partial charge in [0.1, 0.15) is 0 Å². The number of nitrogen functional groups attached to an aromatic ring is 1. The van der Waals surface area contributed by atoms with E-state index in [1.165, 1.54) is 0 Å². The highest BCUT2D eigenvalue weighted by Gasteiger charge is 2.26. The minimum absolute atomic E-state index is 0.210. The van der Waals surface area contributed by atoms with Gasteiger partial charge in [0.2, 0.25) is 0 Å². The highest BCUT2D eigenvalue weighted by molar-refractivity contribution is 5.97. The number of amides is 1. The second-order valence-corrected chi connectivity index (χ2v) is 5.08. The number of benzene rings is 1. The molecule has 0 saturated carbocycles. The van der Waals surface area contributed by atoms with Gasteiger partial charge in [-0.25, -0.2) is 4.79 Å². The second-order valence-electron chi connectivity index (χ2n) is 5.08. The van der Waals surface area contributed by atoms with Crippen LogP contribution < -0.4 is 5.73 Å². The van der Waals surface area contributed by atoms with Crippen molar-refractivity contribution in [2.75, 3.05) is 32.0 Å². The third kappa shape index (κ3) is 3.72. The van der Waals surface area contributed by atoms with Gasteiger partial charge in [-0.2, -0.15) is 0 Å². The summed E-state index contributed by atoms with van der Waals surface area (Å²) in [6.07, 6.45) is -0.837. The van der Waals surface area contributed by atoms with Gasteiger partial charge < -0.3 is 20.1 Å². The molecule has 1 saturated heterocycles. The quantitative estimate of drug-likeness (QED) is 0.663. The van der Waals surface area contributed by atoms with Crippen LogP contribution in [-0.4, -0.2) is 49.2 Å². The zero-order valence-electron chi connectivity index (χ0n) is 12.3. The Morgan fingerprint density at radius 2 is 2.00 bits per heavy atom. The molecule has 0 aromatic heterocycles. The Labute approximate surface area is 123 Å². The van der Waals surface area contributed by atoms with Gasteiger partial charge in [0.25, 0.3) is 5.91 Å². The van der Waals surface area contributed by atoms with Crippen molar-refractivity contribution >= 4 is 17.6 Å². The van der Waals surface area contributed by atoms with Crippen LogP contribution in [0.5, 0.6) is 0 Å². The number of morpholine rings is 1. The topological polar surface area (TPSA) is 81.9 Å². The normalized spacial score (nSPS) is 16.4. The van der Waals surface area contributed by atoms with Crippen molar-refractivity contribution in [1.29, 1.82) is 0 Å². The predicted molar refractivity (Wildman–Crippen MR) is 77.9 cm³/mol. The smallest absolute Gasteiger partial charge is 0.341 e. The van der Waals surface area contributed by atoms with Crippen LogP contribution in [0, 0.1) is 6.92 Å². The van der Waals surface area contributed by atoms with E-state index in [1.807, 2.05) is 13.0 Å². The van der Waals surface area contributed by atoms with Crippen molar-refractivity contribution in [3.63, 3.8) is 0 Å². The lowest BCUT2D eigenvalue weighted by atomic mass is 10.1. The number of esters is 1. The largest absolute Gasteiger partial charge is 0.449 e. The molecule has 1 atom stereocenters. The summed E-state index contributed by atoms with van der Waals surface area (Å²) in [6, 6.07) is 5.12. The number of nitrogens with zero attached hydrogens (tertiary/aromatic N) is 1. The van der Waals surface area contributed by atoms with Gasteiger partial charge >= 0.3 is 5.97 Å². The molecule has 1 amide bonds. The van der Waals surface area contributed by atoms with E-state index in [0.29, 0.717) is 32.0 Å². The summed E-state index contributed by atoms with van der Waals surface area (Å²) in [4.78, 5) is 25.9. The fourth-order valence-corrected chi connectivity index (χ4v) is 2.16. The van der Waals surface area contributed by atoms with E-state index in [0.717, 1.165) is 5.56 Å². The molecule has 1 unspecified atom stereocenters. The molecule has 6 nitrogen and oxygen atoms in total. The standard InChI is InChI=1S/C15H20N2O4/c1-10-3-4-13(16)12(9-10)15(19)21-11(2)14(18)17-5-7-20-8-6-17/h3-4,9,11H,5-8,16H2,1-2H3. The summed E-state index contributed by atoms with van der Waals surface area (Å²) < 4.78 is 10.4. The minimum Gasteiger partial charge on any atom is -0.449 e. The molecular formula is C15H20N2O4. The zero-order valence-corrected chi connectivity index (χ0v) is 12.3. The summed E-state index contributed by atoms with van der Waals surface area (Å²) >= 11 is 0. The zero-order chi connectivity index (χ0) is 15.4. The van der Waals surface area contributed by atoms with Crippen LogP contribution in [0.25, 0.3) is 0 Å². The number of aryl methyl sites for hydroxylation is 1. The first-order valence-corrected chi connectivity index (χ1v) is 6.92. The summed E-state index contributed by atoms with van der Waals surface area (Å²) in [6.45, 7) is 5.50. The van der Waals surface area contributed by atoms with Crippen LogP contribution in [0.3, 0.4) is 0 Å². The van der Waals surface area contributed by atoms with E-state index in [4.69, 9.17) is 15.2 Å². The number of anilines is 1. The van der Waals surface area contributed by atoms with Gasteiger partial charge in [-0.15, -0.1) is 0 Å². The molecule has 2 N–H and O–H groups in total. The molecule has 0 radical (unpaired) electrons. The fraction of sp³-hybridized carbons (Fsp3) is 0.467. The molecule has 114 valence electrons. The molecule has 1 fully saturated rings. The first kappa shape index (κ1) is 15.3. The molecule has 6 heteroatoms. The highest BCUT2D eigenvalue weighted by atomic mass is 16.5. The van der Waals surface area contributed by atoms with Gasteiger partial charge in [-0.05, 0) is 26.0 Å². The third-order valence-electron chi connectivity index (χ3n) is 3.38. The lowest BCUT2D eigenvalue weighted by Gasteiger charge is -2.29. The van der Waals surface area contributed by atoms with Crippen molar-refractivity contribution < 1.29 is 19.1 Å². The van der Waals surface area contributed by atoms with Crippen molar-refractivity contribution in [2.24, 2.45) is 0 Å². The van der Waals surface area contributed by atoms with Crippen LogP contribution >= 0.6 is 0 Å². The highest BCUT2D eigenvalue weighted by Crippen LogP contribution is 2.16. The van der Waals surface area contributed by atoms with Crippen molar-refractivity contribution in [2.45, 2.75) is 20.0 Å². The summed E-state index contributed by atoms with van der Waals surface area (Å²) in [5.41, 5.74) is 7.31. The van der Waals surface area contributed by atoms with Crippen molar-refractivity contribution in [3.8, 4) is 0 Å². The van der Waals surface area contributed by atoms with E-state index >= 15 is 0 Å². The Balaban J connectivity index is 2.01. The van der Waals surface area contributed by atoms with Crippen LogP contribution in [0.15, 0.2) is 18.2 Å². The van der Waals surface area contributed by atoms with Gasteiger partial charge in [-0.3, -0.25) is 4.79 Å². The Kier molecular flexibility index (Phi) is 4.80. The van der Waals surface area contributed by atoms with Crippen molar-refractivity contribution in [1.82, 2.24) is 4.90 Å². The number of rotatable bonds is 3. The van der Waals surface area contributed by atoms with E-state index in [-0.39, 0.29) is 11.5 Å². The average molecular weight is 292 g/mol. The van der Waals surface area contributed by atoms with E-state index in [1.54, 1.807) is 24.0 Å². The Morgan fingerprint density at radius 1 is 1.33 bits per heavy atom. The summed E-state index contributed by atoms with van der Waals surface area (Å²) in [5.74, 6) is -0.789. The maximum absolute atomic E-state index is 12.2. The van der Waals surface area contributed by atoms with Crippen LogP contribution in [-0.2, 0) is 14.3 Å². The molecule has 1 aromatic rings. The van der Waals surface area contributed by atoms with E-state index in [2.05, 4.69) is 0 Å². The van der Waals surface area contributed by atoms with Gasteiger partial charge in [-0.1, -0.05) is 11.6 Å². The Hall–Kier alpha value is -2.08. The lowest BCUT2D eigenvalue weighted by Crippen LogP contribution is -2.46.